The van der Waals surface area contributed by atoms with Crippen molar-refractivity contribution in [2.45, 2.75) is 102 Å². The van der Waals surface area contributed by atoms with Gasteiger partial charge in [-0.3, -0.25) is 0 Å². The summed E-state index contributed by atoms with van der Waals surface area (Å²) < 4.78 is 2.69. The molecule has 38 heavy (non-hydrogen) atoms. The minimum atomic E-state index is 0.410. The standard InChI is InChI=1S/C35H47N3/c1-24-5-4-6-28(15-24)31(13-14-37-30-11-9-29(36)10-12-30)33-22-38(34-8-3-2-7-32(33)34)23-35-19-25-16-26(20-35)18-27(17-25)21-35/h2-8,15,22,25-27,29-31,37H,9-14,16-21,23,36H2,1H3. The zero-order valence-corrected chi connectivity index (χ0v) is 23.4. The molecule has 0 spiro atoms. The fourth-order valence-electron chi connectivity index (χ4n) is 9.67. The quantitative estimate of drug-likeness (QED) is 0.329. The molecule has 5 aliphatic rings. The number of fused-ring (bicyclic) bond motifs is 1. The molecule has 3 aromatic rings. The highest BCUT2D eigenvalue weighted by Gasteiger charge is 2.51. The first-order valence-electron chi connectivity index (χ1n) is 15.7. The number of benzene rings is 2. The van der Waals surface area contributed by atoms with Gasteiger partial charge in [-0.15, -0.1) is 0 Å². The number of nitrogens with zero attached hydrogens (tertiary/aromatic N) is 1. The van der Waals surface area contributed by atoms with E-state index in [1.807, 2.05) is 0 Å². The smallest absolute Gasteiger partial charge is 0.0483 e. The summed E-state index contributed by atoms with van der Waals surface area (Å²) >= 11 is 0. The third-order valence-corrected chi connectivity index (χ3v) is 10.9. The lowest BCUT2D eigenvalue weighted by atomic mass is 9.49. The van der Waals surface area contributed by atoms with E-state index in [0.29, 0.717) is 23.4 Å². The van der Waals surface area contributed by atoms with Gasteiger partial charge in [0, 0.05) is 41.6 Å². The van der Waals surface area contributed by atoms with Crippen LogP contribution in [0, 0.1) is 30.1 Å². The van der Waals surface area contributed by atoms with Gasteiger partial charge in [0.25, 0.3) is 0 Å². The average molecular weight is 510 g/mol. The van der Waals surface area contributed by atoms with Crippen molar-refractivity contribution < 1.29 is 0 Å². The van der Waals surface area contributed by atoms with Crippen molar-refractivity contribution in [2.75, 3.05) is 6.54 Å². The van der Waals surface area contributed by atoms with Gasteiger partial charge in [-0.2, -0.15) is 0 Å². The van der Waals surface area contributed by atoms with Crippen molar-refractivity contribution in [1.29, 1.82) is 0 Å². The Kier molecular flexibility index (Phi) is 6.64. The fourth-order valence-corrected chi connectivity index (χ4v) is 9.67. The first kappa shape index (κ1) is 24.9. The highest BCUT2D eigenvalue weighted by molar-refractivity contribution is 5.85. The van der Waals surface area contributed by atoms with Crippen LogP contribution in [0.3, 0.4) is 0 Å². The van der Waals surface area contributed by atoms with Gasteiger partial charge in [0.05, 0.1) is 0 Å². The third-order valence-electron chi connectivity index (χ3n) is 10.9. The Hall–Kier alpha value is -2.10. The van der Waals surface area contributed by atoms with Crippen molar-refractivity contribution in [3.63, 3.8) is 0 Å². The number of aromatic nitrogens is 1. The average Bonchev–Trinajstić information content (AvgIpc) is 3.24. The molecule has 1 unspecified atom stereocenters. The van der Waals surface area contributed by atoms with Crippen LogP contribution in [0.2, 0.25) is 0 Å². The molecule has 5 aliphatic carbocycles. The van der Waals surface area contributed by atoms with Crippen LogP contribution in [0.25, 0.3) is 10.9 Å². The Morgan fingerprint density at radius 3 is 2.34 bits per heavy atom. The summed E-state index contributed by atoms with van der Waals surface area (Å²) in [6.45, 7) is 4.52. The lowest BCUT2D eigenvalue weighted by molar-refractivity contribution is -0.0613. The van der Waals surface area contributed by atoms with E-state index in [4.69, 9.17) is 5.73 Å². The summed E-state index contributed by atoms with van der Waals surface area (Å²) in [5.74, 6) is 3.42. The fraction of sp³-hybridized carbons (Fsp3) is 0.600. The largest absolute Gasteiger partial charge is 0.347 e. The normalized spacial score (nSPS) is 33.2. The third kappa shape index (κ3) is 4.86. The Morgan fingerprint density at radius 2 is 1.63 bits per heavy atom. The van der Waals surface area contributed by atoms with E-state index in [9.17, 15) is 0 Å². The Balaban J connectivity index is 1.19. The summed E-state index contributed by atoms with van der Waals surface area (Å²) in [6, 6.07) is 19.6. The molecule has 3 nitrogen and oxygen atoms in total. The molecule has 202 valence electrons. The molecule has 5 fully saturated rings. The topological polar surface area (TPSA) is 43.0 Å². The van der Waals surface area contributed by atoms with E-state index in [1.165, 1.54) is 85.5 Å². The number of nitrogens with two attached hydrogens (primary N) is 1. The summed E-state index contributed by atoms with van der Waals surface area (Å²) in [4.78, 5) is 0. The summed E-state index contributed by atoms with van der Waals surface area (Å²) in [5, 5.41) is 5.39. The number of aryl methyl sites for hydroxylation is 1. The molecule has 0 saturated heterocycles. The number of hydrogen-bond acceptors (Lipinski definition) is 2. The molecule has 0 amide bonds. The second-order valence-electron chi connectivity index (χ2n) is 14.0. The minimum Gasteiger partial charge on any atom is -0.347 e. The lowest BCUT2D eigenvalue weighted by Crippen LogP contribution is -2.47. The molecule has 2 aromatic carbocycles. The molecular formula is C35H47N3. The number of hydrogen-bond donors (Lipinski definition) is 2. The number of rotatable bonds is 8. The van der Waals surface area contributed by atoms with Gasteiger partial charge in [0.2, 0.25) is 0 Å². The van der Waals surface area contributed by atoms with Gasteiger partial charge in [0.1, 0.15) is 0 Å². The molecule has 3 heteroatoms. The van der Waals surface area contributed by atoms with Crippen LogP contribution in [0.15, 0.2) is 54.7 Å². The van der Waals surface area contributed by atoms with Gasteiger partial charge >= 0.3 is 0 Å². The molecule has 1 heterocycles. The molecule has 1 atom stereocenters. The highest BCUT2D eigenvalue weighted by atomic mass is 15.0. The molecule has 1 aromatic heterocycles. The van der Waals surface area contributed by atoms with E-state index >= 15 is 0 Å². The van der Waals surface area contributed by atoms with Crippen LogP contribution in [0.1, 0.15) is 93.2 Å². The van der Waals surface area contributed by atoms with Crippen LogP contribution < -0.4 is 11.1 Å². The SMILES string of the molecule is Cc1cccc(C(CCNC2CCC(N)CC2)c2cn(CC34CC5CC(CC(C5)C3)C4)c3ccccc23)c1. The van der Waals surface area contributed by atoms with Crippen LogP contribution in [-0.4, -0.2) is 23.2 Å². The van der Waals surface area contributed by atoms with Crippen molar-refractivity contribution in [3.8, 4) is 0 Å². The van der Waals surface area contributed by atoms with E-state index in [1.54, 1.807) is 0 Å². The molecule has 8 rings (SSSR count). The predicted molar refractivity (Wildman–Crippen MR) is 158 cm³/mol. The van der Waals surface area contributed by atoms with Crippen LogP contribution in [-0.2, 0) is 6.54 Å². The maximum Gasteiger partial charge on any atom is 0.0483 e. The molecule has 0 radical (unpaired) electrons. The summed E-state index contributed by atoms with van der Waals surface area (Å²) in [5.41, 5.74) is 12.5. The number of para-hydroxylation sites is 1. The Labute approximate surface area is 229 Å². The predicted octanol–water partition coefficient (Wildman–Crippen LogP) is 7.55. The molecule has 5 saturated carbocycles. The lowest BCUT2D eigenvalue weighted by Gasteiger charge is -2.57. The zero-order chi connectivity index (χ0) is 25.7. The van der Waals surface area contributed by atoms with E-state index in [-0.39, 0.29) is 0 Å². The van der Waals surface area contributed by atoms with Crippen molar-refractivity contribution in [1.82, 2.24) is 9.88 Å². The van der Waals surface area contributed by atoms with Gasteiger partial charge in [-0.25, -0.2) is 0 Å². The van der Waals surface area contributed by atoms with Gasteiger partial charge < -0.3 is 15.6 Å². The first-order valence-corrected chi connectivity index (χ1v) is 15.7. The maximum absolute atomic E-state index is 6.17. The van der Waals surface area contributed by atoms with Gasteiger partial charge in [0.15, 0.2) is 0 Å². The van der Waals surface area contributed by atoms with Crippen LogP contribution in [0.4, 0.5) is 0 Å². The highest BCUT2D eigenvalue weighted by Crippen LogP contribution is 2.60. The van der Waals surface area contributed by atoms with Gasteiger partial charge in [-0.05, 0) is 124 Å². The maximum atomic E-state index is 6.17. The van der Waals surface area contributed by atoms with E-state index < -0.39 is 0 Å². The van der Waals surface area contributed by atoms with E-state index in [2.05, 4.69) is 71.5 Å². The molecular weight excluding hydrogens is 462 g/mol. The van der Waals surface area contributed by atoms with Gasteiger partial charge in [-0.1, -0.05) is 48.0 Å². The number of nitrogens with one attached hydrogen (secondary N) is 1. The molecule has 4 bridgehead atoms. The van der Waals surface area contributed by atoms with Crippen molar-refractivity contribution in [3.05, 3.63) is 71.4 Å². The van der Waals surface area contributed by atoms with E-state index in [0.717, 1.165) is 43.6 Å². The zero-order valence-electron chi connectivity index (χ0n) is 23.4. The van der Waals surface area contributed by atoms with Crippen molar-refractivity contribution >= 4 is 10.9 Å². The Bertz CT molecular complexity index is 1230. The first-order chi connectivity index (χ1) is 18.5. The van der Waals surface area contributed by atoms with Crippen LogP contribution in [0.5, 0.6) is 0 Å². The Morgan fingerprint density at radius 1 is 0.921 bits per heavy atom. The van der Waals surface area contributed by atoms with Crippen LogP contribution >= 0.6 is 0 Å². The molecule has 0 aliphatic heterocycles. The monoisotopic (exact) mass is 509 g/mol. The molecule has 3 N–H and O–H groups in total. The summed E-state index contributed by atoms with van der Waals surface area (Å²) in [7, 11) is 0. The minimum absolute atomic E-state index is 0.410. The second kappa shape index (κ2) is 10.1. The summed E-state index contributed by atoms with van der Waals surface area (Å²) in [6.07, 6.45) is 17.5. The second-order valence-corrected chi connectivity index (χ2v) is 14.0. The van der Waals surface area contributed by atoms with Crippen molar-refractivity contribution in [2.24, 2.45) is 28.9 Å².